The summed E-state index contributed by atoms with van der Waals surface area (Å²) in [5.74, 6) is 0.638. The molecule has 0 aromatic heterocycles. The minimum Gasteiger partial charge on any atom is -0.496 e. The molecule has 1 fully saturated rings. The predicted octanol–water partition coefficient (Wildman–Crippen LogP) is 2.01. The molecule has 1 aliphatic heterocycles. The van der Waals surface area contributed by atoms with Gasteiger partial charge in [0.05, 0.1) is 18.6 Å². The lowest BCUT2D eigenvalue weighted by Gasteiger charge is -2.27. The van der Waals surface area contributed by atoms with Gasteiger partial charge in [0.15, 0.2) is 9.84 Å². The zero-order chi connectivity index (χ0) is 15.5. The molecule has 1 atom stereocenters. The predicted molar refractivity (Wildman–Crippen MR) is 80.6 cm³/mol. The van der Waals surface area contributed by atoms with Crippen molar-refractivity contribution in [2.45, 2.75) is 19.0 Å². The largest absolute Gasteiger partial charge is 0.496 e. The molecule has 2 rings (SSSR count). The second kappa shape index (κ2) is 6.58. The van der Waals surface area contributed by atoms with E-state index in [9.17, 15) is 12.8 Å². The molecule has 1 heterocycles. The molecule has 116 valence electrons. The van der Waals surface area contributed by atoms with Crippen LogP contribution in [0.1, 0.15) is 12.0 Å². The van der Waals surface area contributed by atoms with Gasteiger partial charge in [-0.15, -0.1) is 6.58 Å². The smallest absolute Gasteiger partial charge is 0.151 e. The molecule has 21 heavy (non-hydrogen) atoms. The molecule has 0 aliphatic carbocycles. The van der Waals surface area contributed by atoms with Crippen molar-refractivity contribution >= 4 is 9.84 Å². The number of nitrogens with zero attached hydrogens (tertiary/aromatic N) is 1. The SMILES string of the molecule is C=CCN(Cc1cc(F)ccc1OC)[C@@H]1CCS(=O)(=O)C1. The average molecular weight is 313 g/mol. The summed E-state index contributed by atoms with van der Waals surface area (Å²) in [6.45, 7) is 4.71. The van der Waals surface area contributed by atoms with E-state index in [-0.39, 0.29) is 23.4 Å². The van der Waals surface area contributed by atoms with Crippen LogP contribution in [-0.4, -0.2) is 44.5 Å². The quantitative estimate of drug-likeness (QED) is 0.754. The first-order valence-electron chi connectivity index (χ1n) is 6.83. The summed E-state index contributed by atoms with van der Waals surface area (Å²) in [6.07, 6.45) is 2.34. The molecule has 0 bridgehead atoms. The average Bonchev–Trinajstić information content (AvgIpc) is 2.79. The molecule has 0 saturated carbocycles. The fourth-order valence-corrected chi connectivity index (χ4v) is 4.42. The molecule has 6 heteroatoms. The number of ether oxygens (including phenoxy) is 1. The molecule has 0 unspecified atom stereocenters. The van der Waals surface area contributed by atoms with E-state index >= 15 is 0 Å². The van der Waals surface area contributed by atoms with Crippen molar-refractivity contribution in [1.29, 1.82) is 0 Å². The summed E-state index contributed by atoms with van der Waals surface area (Å²) >= 11 is 0. The molecule has 0 spiro atoms. The molecule has 1 aromatic rings. The fraction of sp³-hybridized carbons (Fsp3) is 0.467. The van der Waals surface area contributed by atoms with E-state index in [1.165, 1.54) is 19.2 Å². The second-order valence-electron chi connectivity index (χ2n) is 5.23. The van der Waals surface area contributed by atoms with Crippen LogP contribution < -0.4 is 4.74 Å². The Labute approximate surface area is 125 Å². The van der Waals surface area contributed by atoms with Crippen LogP contribution in [0.25, 0.3) is 0 Å². The molecule has 0 amide bonds. The Bertz CT molecular complexity index is 615. The molecule has 1 saturated heterocycles. The highest BCUT2D eigenvalue weighted by Gasteiger charge is 2.32. The van der Waals surface area contributed by atoms with Gasteiger partial charge in [0, 0.05) is 24.7 Å². The molecule has 0 N–H and O–H groups in total. The Morgan fingerprint density at radius 3 is 2.86 bits per heavy atom. The molecule has 1 aliphatic rings. The second-order valence-corrected chi connectivity index (χ2v) is 7.46. The topological polar surface area (TPSA) is 46.6 Å². The summed E-state index contributed by atoms with van der Waals surface area (Å²) in [6, 6.07) is 4.31. The van der Waals surface area contributed by atoms with Crippen LogP contribution in [0.5, 0.6) is 5.75 Å². The number of benzene rings is 1. The van der Waals surface area contributed by atoms with Crippen molar-refractivity contribution < 1.29 is 17.5 Å². The van der Waals surface area contributed by atoms with Crippen LogP contribution in [0.2, 0.25) is 0 Å². The monoisotopic (exact) mass is 313 g/mol. The van der Waals surface area contributed by atoms with Crippen LogP contribution in [0.4, 0.5) is 4.39 Å². The van der Waals surface area contributed by atoms with E-state index in [0.717, 1.165) is 0 Å². The number of methoxy groups -OCH3 is 1. The van der Waals surface area contributed by atoms with Crippen LogP contribution in [-0.2, 0) is 16.4 Å². The summed E-state index contributed by atoms with van der Waals surface area (Å²) in [7, 11) is -1.42. The number of halogens is 1. The van der Waals surface area contributed by atoms with Gasteiger partial charge in [-0.25, -0.2) is 12.8 Å². The zero-order valence-corrected chi connectivity index (χ0v) is 12.9. The highest BCUT2D eigenvalue weighted by molar-refractivity contribution is 7.91. The summed E-state index contributed by atoms with van der Waals surface area (Å²) in [5, 5.41) is 0. The molecule has 4 nitrogen and oxygen atoms in total. The first-order valence-corrected chi connectivity index (χ1v) is 8.65. The van der Waals surface area contributed by atoms with Crippen LogP contribution in [0.3, 0.4) is 0 Å². The molecular formula is C15H20FNO3S. The van der Waals surface area contributed by atoms with E-state index in [0.29, 0.717) is 30.8 Å². The third-order valence-electron chi connectivity index (χ3n) is 3.70. The Morgan fingerprint density at radius 1 is 1.52 bits per heavy atom. The van der Waals surface area contributed by atoms with E-state index in [2.05, 4.69) is 6.58 Å². The van der Waals surface area contributed by atoms with Gasteiger partial charge in [-0.05, 0) is 24.6 Å². The lowest BCUT2D eigenvalue weighted by Crippen LogP contribution is -2.36. The number of hydrogen-bond acceptors (Lipinski definition) is 4. The first-order chi connectivity index (χ1) is 9.95. The fourth-order valence-electron chi connectivity index (χ4n) is 2.66. The maximum absolute atomic E-state index is 13.4. The van der Waals surface area contributed by atoms with Crippen molar-refractivity contribution in [1.82, 2.24) is 4.90 Å². The number of sulfone groups is 1. The maximum atomic E-state index is 13.4. The van der Waals surface area contributed by atoms with E-state index in [1.807, 2.05) is 4.90 Å². The van der Waals surface area contributed by atoms with Crippen LogP contribution in [0, 0.1) is 5.82 Å². The summed E-state index contributed by atoms with van der Waals surface area (Å²) in [4.78, 5) is 2.01. The van der Waals surface area contributed by atoms with Gasteiger partial charge >= 0.3 is 0 Å². The molecular weight excluding hydrogens is 293 g/mol. The van der Waals surface area contributed by atoms with Gasteiger partial charge in [-0.1, -0.05) is 6.08 Å². The highest BCUT2D eigenvalue weighted by Crippen LogP contribution is 2.25. The molecule has 0 radical (unpaired) electrons. The summed E-state index contributed by atoms with van der Waals surface area (Å²) < 4.78 is 42.0. The van der Waals surface area contributed by atoms with Gasteiger partial charge in [-0.2, -0.15) is 0 Å². The van der Waals surface area contributed by atoms with Crippen molar-refractivity contribution in [3.63, 3.8) is 0 Å². The van der Waals surface area contributed by atoms with E-state index in [4.69, 9.17) is 4.74 Å². The van der Waals surface area contributed by atoms with Crippen LogP contribution >= 0.6 is 0 Å². The number of hydrogen-bond donors (Lipinski definition) is 0. The minimum atomic E-state index is -2.96. The Balaban J connectivity index is 2.20. The Morgan fingerprint density at radius 2 is 2.29 bits per heavy atom. The van der Waals surface area contributed by atoms with Crippen molar-refractivity contribution in [2.24, 2.45) is 0 Å². The Hall–Kier alpha value is -1.40. The van der Waals surface area contributed by atoms with Gasteiger partial charge in [0.25, 0.3) is 0 Å². The zero-order valence-electron chi connectivity index (χ0n) is 12.1. The lowest BCUT2D eigenvalue weighted by atomic mass is 10.1. The van der Waals surface area contributed by atoms with Crippen molar-refractivity contribution in [3.8, 4) is 5.75 Å². The minimum absolute atomic E-state index is 0.0547. The number of rotatable bonds is 6. The van der Waals surface area contributed by atoms with E-state index < -0.39 is 9.84 Å². The normalized spacial score (nSPS) is 20.6. The van der Waals surface area contributed by atoms with Gasteiger partial charge < -0.3 is 4.74 Å². The third-order valence-corrected chi connectivity index (χ3v) is 5.45. The van der Waals surface area contributed by atoms with Crippen molar-refractivity contribution in [3.05, 3.63) is 42.2 Å². The van der Waals surface area contributed by atoms with Crippen molar-refractivity contribution in [2.75, 3.05) is 25.2 Å². The standard InChI is InChI=1S/C15H20FNO3S/c1-3-7-17(14-6-8-21(18,19)11-14)10-12-9-13(16)4-5-15(12)20-2/h3-5,9,14H,1,6-8,10-11H2,2H3/t14-/m1/s1. The maximum Gasteiger partial charge on any atom is 0.151 e. The Kier molecular flexibility index (Phi) is 5.00. The van der Waals surface area contributed by atoms with Gasteiger partial charge in [-0.3, -0.25) is 4.90 Å². The van der Waals surface area contributed by atoms with Crippen LogP contribution in [0.15, 0.2) is 30.9 Å². The van der Waals surface area contributed by atoms with Gasteiger partial charge in [0.1, 0.15) is 11.6 Å². The third kappa shape index (κ3) is 4.04. The first kappa shape index (κ1) is 16.0. The summed E-state index contributed by atoms with van der Waals surface area (Å²) in [5.41, 5.74) is 0.712. The highest BCUT2D eigenvalue weighted by atomic mass is 32.2. The van der Waals surface area contributed by atoms with Gasteiger partial charge in [0.2, 0.25) is 0 Å². The molecule has 1 aromatic carbocycles. The van der Waals surface area contributed by atoms with E-state index in [1.54, 1.807) is 12.1 Å². The lowest BCUT2D eigenvalue weighted by molar-refractivity contribution is 0.223.